The van der Waals surface area contributed by atoms with Crippen molar-refractivity contribution >= 4 is 5.97 Å². The second-order valence-electron chi connectivity index (χ2n) is 4.63. The summed E-state index contributed by atoms with van der Waals surface area (Å²) in [4.78, 5) is 15.8. The van der Waals surface area contributed by atoms with Crippen molar-refractivity contribution in [3.8, 4) is 0 Å². The Labute approximate surface area is 102 Å². The predicted molar refractivity (Wildman–Crippen MR) is 65.7 cm³/mol. The van der Waals surface area contributed by atoms with Crippen LogP contribution in [0.1, 0.15) is 49.4 Å². The Morgan fingerprint density at radius 2 is 2.06 bits per heavy atom. The smallest absolute Gasteiger partial charge is 0.338 e. The number of carbonyl (C=O) groups is 1. The maximum Gasteiger partial charge on any atom is 0.338 e. The SMILES string of the molecule is CCC1CCCCC1OC(=O)c1ccncc1. The summed E-state index contributed by atoms with van der Waals surface area (Å²) in [5, 5.41) is 0. The van der Waals surface area contributed by atoms with Gasteiger partial charge in [0.15, 0.2) is 0 Å². The van der Waals surface area contributed by atoms with Crippen molar-refractivity contribution in [1.29, 1.82) is 0 Å². The molecule has 0 saturated heterocycles. The van der Waals surface area contributed by atoms with E-state index in [0.29, 0.717) is 11.5 Å². The first-order chi connectivity index (χ1) is 8.31. The number of pyridine rings is 1. The Bertz CT molecular complexity index is 364. The molecule has 0 aliphatic heterocycles. The molecular formula is C14H19NO2. The third-order valence-corrected chi connectivity index (χ3v) is 3.54. The summed E-state index contributed by atoms with van der Waals surface area (Å²) in [7, 11) is 0. The minimum atomic E-state index is -0.210. The molecule has 2 rings (SSSR count). The van der Waals surface area contributed by atoms with Crippen molar-refractivity contribution in [3.05, 3.63) is 30.1 Å². The van der Waals surface area contributed by atoms with Crippen LogP contribution in [0, 0.1) is 5.92 Å². The van der Waals surface area contributed by atoms with Gasteiger partial charge in [-0.2, -0.15) is 0 Å². The van der Waals surface area contributed by atoms with Crippen molar-refractivity contribution in [3.63, 3.8) is 0 Å². The highest BCUT2D eigenvalue weighted by molar-refractivity contribution is 5.89. The first kappa shape index (κ1) is 12.1. The molecule has 1 heterocycles. The van der Waals surface area contributed by atoms with Gasteiger partial charge in [0.2, 0.25) is 0 Å². The van der Waals surface area contributed by atoms with Gasteiger partial charge in [-0.3, -0.25) is 4.98 Å². The van der Waals surface area contributed by atoms with Crippen LogP contribution in [0.2, 0.25) is 0 Å². The summed E-state index contributed by atoms with van der Waals surface area (Å²) in [6.45, 7) is 2.17. The average Bonchev–Trinajstić information content (AvgIpc) is 2.40. The quantitative estimate of drug-likeness (QED) is 0.752. The van der Waals surface area contributed by atoms with Crippen LogP contribution in [-0.2, 0) is 4.74 Å². The van der Waals surface area contributed by atoms with E-state index in [4.69, 9.17) is 4.74 Å². The second-order valence-corrected chi connectivity index (χ2v) is 4.63. The van der Waals surface area contributed by atoms with Crippen LogP contribution in [0.25, 0.3) is 0 Å². The van der Waals surface area contributed by atoms with Crippen LogP contribution in [0.4, 0.5) is 0 Å². The second kappa shape index (κ2) is 5.80. The molecule has 1 fully saturated rings. The number of hydrogen-bond acceptors (Lipinski definition) is 3. The van der Waals surface area contributed by atoms with Gasteiger partial charge in [0.05, 0.1) is 5.56 Å². The number of aromatic nitrogens is 1. The number of carbonyl (C=O) groups excluding carboxylic acids is 1. The number of rotatable bonds is 3. The van der Waals surface area contributed by atoms with Crippen LogP contribution in [-0.4, -0.2) is 17.1 Å². The highest BCUT2D eigenvalue weighted by atomic mass is 16.5. The topological polar surface area (TPSA) is 39.2 Å². The molecule has 3 heteroatoms. The molecule has 1 aliphatic rings. The van der Waals surface area contributed by atoms with Crippen molar-refractivity contribution in [2.45, 2.75) is 45.1 Å². The summed E-state index contributed by atoms with van der Waals surface area (Å²) < 4.78 is 5.61. The predicted octanol–water partition coefficient (Wildman–Crippen LogP) is 3.21. The van der Waals surface area contributed by atoms with Gasteiger partial charge >= 0.3 is 5.97 Å². The van der Waals surface area contributed by atoms with E-state index in [-0.39, 0.29) is 12.1 Å². The van der Waals surface area contributed by atoms with E-state index < -0.39 is 0 Å². The van der Waals surface area contributed by atoms with Gasteiger partial charge in [-0.25, -0.2) is 4.79 Å². The molecule has 0 aromatic carbocycles. The van der Waals surface area contributed by atoms with E-state index >= 15 is 0 Å². The minimum absolute atomic E-state index is 0.106. The summed E-state index contributed by atoms with van der Waals surface area (Å²) >= 11 is 0. The highest BCUT2D eigenvalue weighted by Crippen LogP contribution is 2.29. The molecule has 0 amide bonds. The molecule has 1 aliphatic carbocycles. The molecule has 0 bridgehead atoms. The molecular weight excluding hydrogens is 214 g/mol. The number of hydrogen-bond donors (Lipinski definition) is 0. The van der Waals surface area contributed by atoms with E-state index in [1.807, 2.05) is 0 Å². The van der Waals surface area contributed by atoms with Gasteiger partial charge in [-0.05, 0) is 43.7 Å². The minimum Gasteiger partial charge on any atom is -0.458 e. The van der Waals surface area contributed by atoms with Crippen molar-refractivity contribution < 1.29 is 9.53 Å². The fourth-order valence-corrected chi connectivity index (χ4v) is 2.49. The van der Waals surface area contributed by atoms with Gasteiger partial charge in [0, 0.05) is 12.4 Å². The lowest BCUT2D eigenvalue weighted by molar-refractivity contribution is 0.000699. The summed E-state index contributed by atoms with van der Waals surface area (Å²) in [6.07, 6.45) is 9.07. The van der Waals surface area contributed by atoms with E-state index in [1.54, 1.807) is 24.5 Å². The van der Waals surface area contributed by atoms with Crippen LogP contribution in [0.3, 0.4) is 0 Å². The molecule has 0 N–H and O–H groups in total. The molecule has 1 aromatic heterocycles. The lowest BCUT2D eigenvalue weighted by Crippen LogP contribution is -2.29. The standard InChI is InChI=1S/C14H19NO2/c1-2-11-5-3-4-6-13(11)17-14(16)12-7-9-15-10-8-12/h7-11,13H,2-6H2,1H3. The molecule has 2 atom stereocenters. The Morgan fingerprint density at radius 3 is 2.76 bits per heavy atom. The summed E-state index contributed by atoms with van der Waals surface area (Å²) in [5.74, 6) is 0.326. The average molecular weight is 233 g/mol. The summed E-state index contributed by atoms with van der Waals surface area (Å²) in [5.41, 5.74) is 0.598. The van der Waals surface area contributed by atoms with Gasteiger partial charge < -0.3 is 4.74 Å². The highest BCUT2D eigenvalue weighted by Gasteiger charge is 2.27. The van der Waals surface area contributed by atoms with E-state index in [9.17, 15) is 4.79 Å². The zero-order chi connectivity index (χ0) is 12.1. The molecule has 92 valence electrons. The monoisotopic (exact) mass is 233 g/mol. The normalized spacial score (nSPS) is 24.3. The Hall–Kier alpha value is -1.38. The number of nitrogens with zero attached hydrogens (tertiary/aromatic N) is 1. The molecule has 0 spiro atoms. The molecule has 17 heavy (non-hydrogen) atoms. The third-order valence-electron chi connectivity index (χ3n) is 3.54. The van der Waals surface area contributed by atoms with Crippen LogP contribution in [0.5, 0.6) is 0 Å². The van der Waals surface area contributed by atoms with E-state index in [0.717, 1.165) is 12.8 Å². The fourth-order valence-electron chi connectivity index (χ4n) is 2.49. The van der Waals surface area contributed by atoms with Gasteiger partial charge in [-0.1, -0.05) is 13.3 Å². The van der Waals surface area contributed by atoms with Crippen molar-refractivity contribution in [1.82, 2.24) is 4.98 Å². The van der Waals surface area contributed by atoms with E-state index in [1.165, 1.54) is 19.3 Å². The van der Waals surface area contributed by atoms with Crippen LogP contribution >= 0.6 is 0 Å². The fraction of sp³-hybridized carbons (Fsp3) is 0.571. The Morgan fingerprint density at radius 1 is 1.35 bits per heavy atom. The first-order valence-corrected chi connectivity index (χ1v) is 6.42. The lowest BCUT2D eigenvalue weighted by atomic mass is 9.85. The van der Waals surface area contributed by atoms with Crippen molar-refractivity contribution in [2.24, 2.45) is 5.92 Å². The number of esters is 1. The number of ether oxygens (including phenoxy) is 1. The van der Waals surface area contributed by atoms with E-state index in [2.05, 4.69) is 11.9 Å². The first-order valence-electron chi connectivity index (χ1n) is 6.42. The largest absolute Gasteiger partial charge is 0.458 e. The van der Waals surface area contributed by atoms with Gasteiger partial charge in [0.1, 0.15) is 6.10 Å². The van der Waals surface area contributed by atoms with Crippen LogP contribution < -0.4 is 0 Å². The third kappa shape index (κ3) is 3.05. The molecule has 3 nitrogen and oxygen atoms in total. The lowest BCUT2D eigenvalue weighted by Gasteiger charge is -2.30. The maximum absolute atomic E-state index is 11.9. The zero-order valence-corrected chi connectivity index (χ0v) is 10.3. The van der Waals surface area contributed by atoms with Crippen LogP contribution in [0.15, 0.2) is 24.5 Å². The Kier molecular flexibility index (Phi) is 4.13. The van der Waals surface area contributed by atoms with Gasteiger partial charge in [-0.15, -0.1) is 0 Å². The summed E-state index contributed by atoms with van der Waals surface area (Å²) in [6, 6.07) is 3.40. The molecule has 1 aromatic rings. The van der Waals surface area contributed by atoms with Crippen molar-refractivity contribution in [2.75, 3.05) is 0 Å². The molecule has 0 radical (unpaired) electrons. The molecule has 1 saturated carbocycles. The maximum atomic E-state index is 11.9. The zero-order valence-electron chi connectivity index (χ0n) is 10.3. The van der Waals surface area contributed by atoms with Gasteiger partial charge in [0.25, 0.3) is 0 Å². The Balaban J connectivity index is 1.98. The molecule has 2 unspecified atom stereocenters.